The van der Waals surface area contributed by atoms with Crippen molar-refractivity contribution in [2.75, 3.05) is 19.8 Å². The van der Waals surface area contributed by atoms with E-state index in [1.807, 2.05) is 0 Å². The molecule has 0 saturated carbocycles. The molecule has 2 N–H and O–H groups in total. The summed E-state index contributed by atoms with van der Waals surface area (Å²) in [6.45, 7) is 0.377. The van der Waals surface area contributed by atoms with Gasteiger partial charge in [-0.25, -0.2) is 17.2 Å². The Balaban J connectivity index is 2.37. The van der Waals surface area contributed by atoms with Gasteiger partial charge in [-0.05, 0) is 18.2 Å². The van der Waals surface area contributed by atoms with Gasteiger partial charge >= 0.3 is 0 Å². The largest absolute Gasteiger partial charge is 0.377 e. The van der Waals surface area contributed by atoms with Gasteiger partial charge in [-0.15, -0.1) is 0 Å². The zero-order valence-electron chi connectivity index (χ0n) is 9.34. The second-order valence-electron chi connectivity index (χ2n) is 3.83. The Bertz CT molecular complexity index is 550. The maximum absolute atomic E-state index is 13.1. The van der Waals surface area contributed by atoms with Crippen LogP contribution in [0.5, 0.6) is 0 Å². The number of sulfonamides is 1. The molecule has 1 unspecified atom stereocenters. The van der Waals surface area contributed by atoms with Gasteiger partial charge in [0.25, 0.3) is 0 Å². The highest BCUT2D eigenvalue weighted by molar-refractivity contribution is 7.89. The molecule has 1 fully saturated rings. The van der Waals surface area contributed by atoms with Crippen LogP contribution < -0.4 is 5.73 Å². The van der Waals surface area contributed by atoms with Crippen molar-refractivity contribution in [1.82, 2.24) is 4.31 Å². The molecule has 18 heavy (non-hydrogen) atoms. The lowest BCUT2D eigenvalue weighted by Gasteiger charge is -2.31. The fourth-order valence-electron chi connectivity index (χ4n) is 1.68. The molecule has 0 amide bonds. The molecular weight excluding hydrogens is 266 g/mol. The number of halogens is 2. The molecule has 0 aromatic heterocycles. The van der Waals surface area contributed by atoms with E-state index in [2.05, 4.69) is 0 Å². The molecule has 1 heterocycles. The third-order valence-corrected chi connectivity index (χ3v) is 4.53. The normalized spacial score (nSPS) is 22.1. The Labute approximate surface area is 103 Å². The van der Waals surface area contributed by atoms with E-state index >= 15 is 0 Å². The van der Waals surface area contributed by atoms with Gasteiger partial charge in [-0.3, -0.25) is 0 Å². The first kappa shape index (κ1) is 13.3. The number of rotatable bonds is 2. The van der Waals surface area contributed by atoms with Crippen LogP contribution >= 0.6 is 0 Å². The van der Waals surface area contributed by atoms with Gasteiger partial charge in [0.15, 0.2) is 11.6 Å². The minimum atomic E-state index is -3.93. The van der Waals surface area contributed by atoms with Crippen LogP contribution in [0.3, 0.4) is 0 Å². The fraction of sp³-hybridized carbons (Fsp3) is 0.400. The second kappa shape index (κ2) is 4.88. The number of morpholine rings is 1. The Morgan fingerprint density at radius 1 is 1.33 bits per heavy atom. The summed E-state index contributed by atoms with van der Waals surface area (Å²) in [5, 5.41) is 0. The Morgan fingerprint density at radius 2 is 2.06 bits per heavy atom. The lowest BCUT2D eigenvalue weighted by atomic mass is 10.3. The first-order chi connectivity index (χ1) is 8.43. The molecule has 5 nitrogen and oxygen atoms in total. The molecule has 2 rings (SSSR count). The number of ether oxygens (including phenoxy) is 1. The van der Waals surface area contributed by atoms with E-state index in [1.165, 1.54) is 0 Å². The summed E-state index contributed by atoms with van der Waals surface area (Å²) in [6, 6.07) is 2.43. The maximum Gasteiger partial charge on any atom is 0.244 e. The summed E-state index contributed by atoms with van der Waals surface area (Å²) >= 11 is 0. The zero-order valence-corrected chi connectivity index (χ0v) is 10.2. The monoisotopic (exact) mass is 278 g/mol. The molecule has 8 heteroatoms. The van der Waals surface area contributed by atoms with Crippen molar-refractivity contribution in [3.8, 4) is 0 Å². The van der Waals surface area contributed by atoms with E-state index in [4.69, 9.17) is 10.5 Å². The summed E-state index contributed by atoms with van der Waals surface area (Å²) < 4.78 is 56.2. The summed E-state index contributed by atoms with van der Waals surface area (Å²) in [5.74, 6) is -2.31. The highest BCUT2D eigenvalue weighted by Gasteiger charge is 2.32. The van der Waals surface area contributed by atoms with Crippen molar-refractivity contribution >= 4 is 10.0 Å². The van der Waals surface area contributed by atoms with E-state index in [-0.39, 0.29) is 24.7 Å². The minimum absolute atomic E-state index is 0.0723. The van der Waals surface area contributed by atoms with Crippen molar-refractivity contribution in [3.05, 3.63) is 29.8 Å². The highest BCUT2D eigenvalue weighted by Crippen LogP contribution is 2.20. The molecule has 0 bridgehead atoms. The molecule has 1 aliphatic heterocycles. The maximum atomic E-state index is 13.1. The third kappa shape index (κ3) is 2.37. The molecule has 1 aliphatic rings. The van der Waals surface area contributed by atoms with Gasteiger partial charge in [0.05, 0.1) is 24.3 Å². The van der Waals surface area contributed by atoms with Gasteiger partial charge in [0.1, 0.15) is 0 Å². The van der Waals surface area contributed by atoms with Crippen LogP contribution in [0.2, 0.25) is 0 Å². The fourth-order valence-corrected chi connectivity index (χ4v) is 3.17. The number of benzene rings is 1. The number of nitrogens with zero attached hydrogens (tertiary/aromatic N) is 1. The zero-order chi connectivity index (χ0) is 13.3. The van der Waals surface area contributed by atoms with E-state index in [9.17, 15) is 17.2 Å². The quantitative estimate of drug-likeness (QED) is 0.843. The van der Waals surface area contributed by atoms with Crippen LogP contribution in [-0.4, -0.2) is 38.6 Å². The van der Waals surface area contributed by atoms with E-state index in [1.54, 1.807) is 0 Å². The van der Waals surface area contributed by atoms with Crippen LogP contribution in [0, 0.1) is 11.6 Å². The average Bonchev–Trinajstić information content (AvgIpc) is 2.33. The van der Waals surface area contributed by atoms with E-state index < -0.39 is 27.8 Å². The van der Waals surface area contributed by atoms with Gasteiger partial charge in [0, 0.05) is 6.54 Å². The van der Waals surface area contributed by atoms with Crippen molar-refractivity contribution in [2.45, 2.75) is 11.1 Å². The number of hydrogen-bond acceptors (Lipinski definition) is 4. The van der Waals surface area contributed by atoms with Crippen LogP contribution in [-0.2, 0) is 14.8 Å². The van der Waals surface area contributed by atoms with Crippen LogP contribution in [0.15, 0.2) is 23.1 Å². The Hall–Kier alpha value is -1.09. The molecule has 0 spiro atoms. The second-order valence-corrected chi connectivity index (χ2v) is 5.72. The van der Waals surface area contributed by atoms with Gasteiger partial charge < -0.3 is 10.5 Å². The third-order valence-electron chi connectivity index (χ3n) is 2.61. The van der Waals surface area contributed by atoms with E-state index in [0.29, 0.717) is 6.07 Å². The van der Waals surface area contributed by atoms with Crippen molar-refractivity contribution in [1.29, 1.82) is 0 Å². The minimum Gasteiger partial charge on any atom is -0.377 e. The summed E-state index contributed by atoms with van der Waals surface area (Å²) in [5.41, 5.74) is 5.62. The van der Waals surface area contributed by atoms with E-state index in [0.717, 1.165) is 16.4 Å². The summed E-state index contributed by atoms with van der Waals surface area (Å²) in [4.78, 5) is -0.321. The predicted octanol–water partition coefficient (Wildman–Crippen LogP) is 0.270. The number of nitrogens with two attached hydrogens (primary N) is 1. The van der Waals surface area contributed by atoms with Gasteiger partial charge in [-0.2, -0.15) is 4.31 Å². The number of hydrogen-bond donors (Lipinski definition) is 1. The van der Waals surface area contributed by atoms with Crippen molar-refractivity contribution in [3.63, 3.8) is 0 Å². The standard InChI is InChI=1S/C10H12F2N2O3S/c11-8-2-1-7(5-9(8)12)18(15,16)14-3-4-17-6-10(14)13/h1-2,5,10H,3-4,6,13H2. The Morgan fingerprint density at radius 3 is 2.67 bits per heavy atom. The van der Waals surface area contributed by atoms with Crippen LogP contribution in [0.25, 0.3) is 0 Å². The van der Waals surface area contributed by atoms with Crippen LogP contribution in [0.4, 0.5) is 8.78 Å². The molecule has 0 aliphatic carbocycles. The average molecular weight is 278 g/mol. The predicted molar refractivity (Wildman–Crippen MR) is 59.0 cm³/mol. The molecule has 1 atom stereocenters. The molecule has 1 aromatic rings. The van der Waals surface area contributed by atoms with Crippen molar-refractivity contribution in [2.24, 2.45) is 5.73 Å². The van der Waals surface area contributed by atoms with Crippen molar-refractivity contribution < 1.29 is 21.9 Å². The first-order valence-electron chi connectivity index (χ1n) is 5.23. The molecule has 0 radical (unpaired) electrons. The molecule has 100 valence electrons. The summed E-state index contributed by atoms with van der Waals surface area (Å²) in [7, 11) is -3.93. The molecule has 1 saturated heterocycles. The van der Waals surface area contributed by atoms with Gasteiger partial charge in [0.2, 0.25) is 10.0 Å². The first-order valence-corrected chi connectivity index (χ1v) is 6.67. The van der Waals surface area contributed by atoms with Crippen LogP contribution in [0.1, 0.15) is 0 Å². The molecular formula is C10H12F2N2O3S. The SMILES string of the molecule is NC1COCCN1S(=O)(=O)c1ccc(F)c(F)c1. The molecule has 1 aromatic carbocycles. The lowest BCUT2D eigenvalue weighted by molar-refractivity contribution is 0.0350. The highest BCUT2D eigenvalue weighted by atomic mass is 32.2. The smallest absolute Gasteiger partial charge is 0.244 e. The van der Waals surface area contributed by atoms with Gasteiger partial charge in [-0.1, -0.05) is 0 Å². The topological polar surface area (TPSA) is 72.6 Å². The summed E-state index contributed by atoms with van der Waals surface area (Å²) in [6.07, 6.45) is -0.822. The lowest BCUT2D eigenvalue weighted by Crippen LogP contribution is -2.53. The Kier molecular flexibility index (Phi) is 3.62.